The predicted octanol–water partition coefficient (Wildman–Crippen LogP) is 18.5. The van der Waals surface area contributed by atoms with Gasteiger partial charge in [0.1, 0.15) is 35.8 Å². The molecule has 0 saturated heterocycles. The molecule has 0 spiro atoms. The monoisotopic (exact) mass is 1450 g/mol. The minimum atomic E-state index is -0.494. The lowest BCUT2D eigenvalue weighted by Crippen LogP contribution is -2.22. The quantitative estimate of drug-likeness (QED) is 0.0621. The fraction of sp³-hybridized carbons (Fsp3) is 0.239. The van der Waals surface area contributed by atoms with E-state index in [2.05, 4.69) is 130 Å². The first-order valence-corrected chi connectivity index (χ1v) is 37.3. The molecule has 6 aromatic heterocycles. The Morgan fingerprint density at radius 2 is 0.835 bits per heavy atom. The van der Waals surface area contributed by atoms with Gasteiger partial charge in [-0.3, -0.25) is 14.4 Å². The largest absolute Gasteiger partial charge is 0.489 e. The third-order valence-corrected chi connectivity index (χ3v) is 20.6. The van der Waals surface area contributed by atoms with Gasteiger partial charge in [-0.1, -0.05) is 187 Å². The van der Waals surface area contributed by atoms with E-state index in [0.717, 1.165) is 100.0 Å². The van der Waals surface area contributed by atoms with Crippen molar-refractivity contribution in [1.82, 2.24) is 43.0 Å². The van der Waals surface area contributed by atoms with E-state index in [9.17, 15) is 19.5 Å². The van der Waals surface area contributed by atoms with Crippen LogP contribution in [0.2, 0.25) is 0 Å². The Hall–Kier alpha value is -12.1. The highest BCUT2D eigenvalue weighted by Crippen LogP contribution is 2.40. The zero-order valence-electron chi connectivity index (χ0n) is 63.0. The van der Waals surface area contributed by atoms with Gasteiger partial charge in [-0.25, -0.2) is 22.8 Å². The number of aromatic nitrogens is 9. The van der Waals surface area contributed by atoms with Crippen LogP contribution in [0.5, 0.6) is 11.5 Å². The second-order valence-corrected chi connectivity index (χ2v) is 30.2. The molecule has 0 radical (unpaired) electrons. The fourth-order valence-corrected chi connectivity index (χ4v) is 15.4. The molecule has 0 aliphatic carbocycles. The number of fused-ring (bicyclic) bond motifs is 4. The van der Waals surface area contributed by atoms with Crippen molar-refractivity contribution in [1.29, 1.82) is 0 Å². The van der Waals surface area contributed by atoms with E-state index in [4.69, 9.17) is 19.7 Å². The van der Waals surface area contributed by atoms with Gasteiger partial charge in [0.05, 0.1) is 56.9 Å². The second kappa shape index (κ2) is 30.3. The summed E-state index contributed by atoms with van der Waals surface area (Å²) in [5.41, 5.74) is 13.7. The molecule has 0 fully saturated rings. The first-order chi connectivity index (χ1) is 52.6. The van der Waals surface area contributed by atoms with Crippen LogP contribution in [-0.2, 0) is 73.3 Å². The second-order valence-electron chi connectivity index (χ2n) is 30.2. The van der Waals surface area contributed by atoms with Crippen LogP contribution in [0.4, 0.5) is 8.78 Å². The first kappa shape index (κ1) is 72.5. The summed E-state index contributed by atoms with van der Waals surface area (Å²) >= 11 is 0. The number of halogens is 2. The molecule has 0 saturated carbocycles. The average Bonchev–Trinajstić information content (AvgIpc) is 1.61. The van der Waals surface area contributed by atoms with Crippen molar-refractivity contribution < 1.29 is 23.4 Å². The van der Waals surface area contributed by atoms with E-state index in [1.54, 1.807) is 45.4 Å². The number of aryl methyl sites for hydroxylation is 3. The predicted molar refractivity (Wildman–Crippen MR) is 431 cm³/mol. The maximum absolute atomic E-state index is 16.6. The molecule has 1 atom stereocenters. The SMILES string of the molecule is CC(C)Cc1nn(C)c(=O)c2c(-c3cccc(C(C)Oc4cccc(-c5ccc(Cn6cc7c(CC(C)C)nn(C)c(=O)c7c6-c6cc(CO)ccc6F)cc5)c4)c3)n(Cc3ccc(-c4cccc(OCc5ccc(F)c(-c6c7c(=O)n(C)nc(CC(C)C)c7cn6Cc6cccc7ccccc67)c5)c4)cc3)cc12. The number of rotatable bonds is 24. The van der Waals surface area contributed by atoms with Crippen LogP contribution in [0, 0.1) is 29.4 Å². The van der Waals surface area contributed by atoms with E-state index in [1.165, 1.54) is 26.2 Å². The van der Waals surface area contributed by atoms with E-state index in [-0.39, 0.29) is 53.2 Å². The highest BCUT2D eigenvalue weighted by Gasteiger charge is 2.27. The lowest BCUT2D eigenvalue weighted by Gasteiger charge is -2.18. The summed E-state index contributed by atoms with van der Waals surface area (Å²) in [6.45, 7) is 15.8. The topological polar surface area (TPSA) is 158 Å². The Morgan fingerprint density at radius 3 is 1.37 bits per heavy atom. The molecule has 1 N–H and O–H groups in total. The van der Waals surface area contributed by atoms with Crippen LogP contribution in [0.15, 0.2) is 233 Å². The molecule has 15 rings (SSSR count). The number of hydrogen-bond donors (Lipinski definition) is 1. The van der Waals surface area contributed by atoms with Gasteiger partial charge in [-0.15, -0.1) is 0 Å². The molecule has 0 bridgehead atoms. The van der Waals surface area contributed by atoms with Gasteiger partial charge in [0.25, 0.3) is 16.7 Å². The number of nitrogens with zero attached hydrogens (tertiary/aromatic N) is 9. The minimum Gasteiger partial charge on any atom is -0.489 e. The van der Waals surface area contributed by atoms with Crippen LogP contribution in [0.25, 0.3) is 99.1 Å². The Labute approximate surface area is 631 Å². The Morgan fingerprint density at radius 1 is 0.404 bits per heavy atom. The average molecular weight is 1450 g/mol. The van der Waals surface area contributed by atoms with Crippen LogP contribution in [0.3, 0.4) is 0 Å². The molecule has 0 amide bonds. The molecule has 109 heavy (non-hydrogen) atoms. The zero-order chi connectivity index (χ0) is 76.1. The Balaban J connectivity index is 0.673. The van der Waals surface area contributed by atoms with Crippen molar-refractivity contribution in [2.24, 2.45) is 38.9 Å². The van der Waals surface area contributed by atoms with E-state index < -0.39 is 17.7 Å². The van der Waals surface area contributed by atoms with Crippen LogP contribution in [0.1, 0.15) is 105 Å². The number of hydrogen-bond acceptors (Lipinski definition) is 9. The summed E-state index contributed by atoms with van der Waals surface area (Å²) < 4.78 is 56.2. The molecular formula is C92H87F2N9O6. The number of ether oxygens (including phenoxy) is 2. The van der Waals surface area contributed by atoms with Crippen molar-refractivity contribution in [3.63, 3.8) is 0 Å². The minimum absolute atomic E-state index is 0.140. The van der Waals surface area contributed by atoms with Crippen LogP contribution >= 0.6 is 0 Å². The lowest BCUT2D eigenvalue weighted by molar-refractivity contribution is 0.227. The smallest absolute Gasteiger partial charge is 0.276 e. The van der Waals surface area contributed by atoms with Crippen molar-refractivity contribution in [2.45, 2.75) is 107 Å². The molecule has 17 heteroatoms. The molecule has 15 aromatic rings. The lowest BCUT2D eigenvalue weighted by atomic mass is 10.0. The van der Waals surface area contributed by atoms with Gasteiger partial charge < -0.3 is 28.3 Å². The Bertz CT molecular complexity index is 6170. The first-order valence-electron chi connectivity index (χ1n) is 37.3. The van der Waals surface area contributed by atoms with E-state index in [0.29, 0.717) is 94.5 Å². The summed E-state index contributed by atoms with van der Waals surface area (Å²) in [7, 11) is 5.01. The van der Waals surface area contributed by atoms with E-state index in [1.807, 2.05) is 119 Å². The maximum atomic E-state index is 16.6. The maximum Gasteiger partial charge on any atom is 0.276 e. The van der Waals surface area contributed by atoms with Crippen molar-refractivity contribution in [2.75, 3.05) is 0 Å². The van der Waals surface area contributed by atoms with E-state index >= 15 is 8.78 Å². The van der Waals surface area contributed by atoms with Gasteiger partial charge in [-0.05, 0) is 171 Å². The van der Waals surface area contributed by atoms with Crippen molar-refractivity contribution >= 4 is 43.1 Å². The molecular weight excluding hydrogens is 1370 g/mol. The molecule has 9 aromatic carbocycles. The molecule has 550 valence electrons. The normalized spacial score (nSPS) is 12.1. The highest BCUT2D eigenvalue weighted by molar-refractivity contribution is 6.00. The highest BCUT2D eigenvalue weighted by atomic mass is 19.1. The molecule has 6 heterocycles. The van der Waals surface area contributed by atoms with Crippen molar-refractivity contribution in [3.05, 3.63) is 312 Å². The van der Waals surface area contributed by atoms with Gasteiger partial charge >= 0.3 is 0 Å². The van der Waals surface area contributed by atoms with Crippen LogP contribution in [-0.4, -0.2) is 48.1 Å². The third-order valence-electron chi connectivity index (χ3n) is 20.6. The molecule has 0 aliphatic rings. The van der Waals surface area contributed by atoms with Gasteiger partial charge in [-0.2, -0.15) is 15.3 Å². The summed E-state index contributed by atoms with van der Waals surface area (Å²) in [5.74, 6) is 1.17. The third kappa shape index (κ3) is 14.7. The Kier molecular flexibility index (Phi) is 20.1. The molecule has 0 aliphatic heterocycles. The zero-order valence-corrected chi connectivity index (χ0v) is 63.0. The van der Waals surface area contributed by atoms with Crippen molar-refractivity contribution in [3.8, 4) is 67.5 Å². The number of aliphatic hydroxyl groups excluding tert-OH is 1. The van der Waals surface area contributed by atoms with Gasteiger partial charge in [0.15, 0.2) is 0 Å². The summed E-state index contributed by atoms with van der Waals surface area (Å²) in [6.07, 6.45) is 7.52. The summed E-state index contributed by atoms with van der Waals surface area (Å²) in [6, 6.07) is 64.6. The summed E-state index contributed by atoms with van der Waals surface area (Å²) in [4.78, 5) is 42.8. The van der Waals surface area contributed by atoms with Gasteiger partial charge in [0, 0.05) is 86.7 Å². The number of aliphatic hydroxyl groups is 1. The number of benzene rings is 9. The fourth-order valence-electron chi connectivity index (χ4n) is 15.4. The molecule has 15 nitrogen and oxygen atoms in total. The van der Waals surface area contributed by atoms with Crippen LogP contribution < -0.4 is 26.2 Å². The summed E-state index contributed by atoms with van der Waals surface area (Å²) in [5, 5.41) is 30.1. The molecule has 1 unspecified atom stereocenters. The van der Waals surface area contributed by atoms with Gasteiger partial charge in [0.2, 0.25) is 0 Å². The standard InChI is InChI=1S/C92H87F2N9O6/c1-55(2)39-81-76-50-101(47-59-27-33-63(34-28-59)67-20-15-24-71(45-67)108-54-62-32-38-80(94)75(43-62)89-86-78(83(41-57(5)6)97-100(10)92(86)107)52-103(89)49-70-23-13-18-65-17-11-12-26-73(65)70)87(84(76)90(105)98(8)95-81)69-22-14-19-66(44-69)58(7)109-72-25-16-21-68(46-72)64-35-29-60(30-36-64)48-102-51-77-82(40-56(3)4)96-99(9)91(106)85(77)88(102)74-42-61(53-104)31-37-79(74)93/h11-38,42-46,50-52,55-58,104H,39-41,47-49,53-54H2,1-10H3.